The summed E-state index contributed by atoms with van der Waals surface area (Å²) in [5.74, 6) is 0.458. The van der Waals surface area contributed by atoms with Gasteiger partial charge in [-0.25, -0.2) is 0 Å². The van der Waals surface area contributed by atoms with Gasteiger partial charge in [0.15, 0.2) is 6.61 Å². The standard InChI is InChI=1S/C25H23ClN2O2/c1-17-8-2-7-13-24(17)30-16-25(29)28-15-20(18-9-3-5-11-22(18)26)21-14-27-23-12-6-4-10-19(21)23/h2-14,20,27H,15-16H2,1H3,(H,28,29)/t20-/m0/s1. The predicted octanol–water partition coefficient (Wildman–Crippen LogP) is 5.46. The summed E-state index contributed by atoms with van der Waals surface area (Å²) in [5, 5.41) is 4.81. The van der Waals surface area contributed by atoms with Crippen LogP contribution in [0.4, 0.5) is 0 Å². The van der Waals surface area contributed by atoms with Crippen molar-refractivity contribution in [3.05, 3.63) is 101 Å². The molecule has 0 aliphatic carbocycles. The molecule has 3 aromatic carbocycles. The van der Waals surface area contributed by atoms with E-state index in [9.17, 15) is 4.79 Å². The molecule has 4 rings (SSSR count). The van der Waals surface area contributed by atoms with Crippen LogP contribution >= 0.6 is 11.6 Å². The van der Waals surface area contributed by atoms with E-state index in [1.165, 1.54) is 0 Å². The van der Waals surface area contributed by atoms with Gasteiger partial charge in [0.05, 0.1) is 0 Å². The number of aromatic amines is 1. The van der Waals surface area contributed by atoms with E-state index in [4.69, 9.17) is 16.3 Å². The van der Waals surface area contributed by atoms with Gasteiger partial charge < -0.3 is 15.0 Å². The molecule has 1 amide bonds. The zero-order valence-electron chi connectivity index (χ0n) is 16.7. The van der Waals surface area contributed by atoms with Crippen molar-refractivity contribution in [3.63, 3.8) is 0 Å². The number of H-pyrrole nitrogens is 1. The number of amides is 1. The molecule has 0 aliphatic rings. The molecule has 4 nitrogen and oxygen atoms in total. The summed E-state index contributed by atoms with van der Waals surface area (Å²) in [5.41, 5.74) is 4.12. The number of carbonyl (C=O) groups excluding carboxylic acids is 1. The van der Waals surface area contributed by atoms with Crippen LogP contribution in [0.25, 0.3) is 10.9 Å². The van der Waals surface area contributed by atoms with Crippen LogP contribution in [0.5, 0.6) is 5.75 Å². The SMILES string of the molecule is Cc1ccccc1OCC(=O)NC[C@@H](c1ccccc1Cl)c1c[nH]c2ccccc12. The first-order chi connectivity index (χ1) is 14.6. The number of nitrogens with one attached hydrogen (secondary N) is 2. The van der Waals surface area contributed by atoms with E-state index in [1.807, 2.05) is 79.9 Å². The van der Waals surface area contributed by atoms with Crippen molar-refractivity contribution in [2.75, 3.05) is 13.2 Å². The lowest BCUT2D eigenvalue weighted by Crippen LogP contribution is -2.33. The lowest BCUT2D eigenvalue weighted by atomic mass is 9.91. The number of benzene rings is 3. The zero-order chi connectivity index (χ0) is 20.9. The van der Waals surface area contributed by atoms with Gasteiger partial charge in [-0.15, -0.1) is 0 Å². The molecule has 0 radical (unpaired) electrons. The van der Waals surface area contributed by atoms with Crippen LogP contribution in [-0.2, 0) is 4.79 Å². The third-order valence-corrected chi connectivity index (χ3v) is 5.58. The second-order valence-corrected chi connectivity index (χ2v) is 7.63. The minimum atomic E-state index is -0.171. The van der Waals surface area contributed by atoms with E-state index >= 15 is 0 Å². The Kier molecular flexibility index (Phi) is 6.05. The number of aromatic nitrogens is 1. The van der Waals surface area contributed by atoms with Crippen molar-refractivity contribution in [2.24, 2.45) is 0 Å². The molecule has 0 aliphatic heterocycles. The maximum Gasteiger partial charge on any atom is 0.257 e. The van der Waals surface area contributed by atoms with Gasteiger partial charge in [-0.3, -0.25) is 4.79 Å². The number of rotatable bonds is 7. The number of hydrogen-bond acceptors (Lipinski definition) is 2. The summed E-state index contributed by atoms with van der Waals surface area (Å²) < 4.78 is 5.68. The van der Waals surface area contributed by atoms with Crippen LogP contribution in [0.3, 0.4) is 0 Å². The molecule has 0 fully saturated rings. The summed E-state index contributed by atoms with van der Waals surface area (Å²) in [6, 6.07) is 23.5. The van der Waals surface area contributed by atoms with Gasteiger partial charge >= 0.3 is 0 Å². The van der Waals surface area contributed by atoms with Gasteiger partial charge in [-0.05, 0) is 41.8 Å². The average molecular weight is 419 g/mol. The van der Waals surface area contributed by atoms with E-state index < -0.39 is 0 Å². The molecule has 30 heavy (non-hydrogen) atoms. The first-order valence-corrected chi connectivity index (χ1v) is 10.3. The van der Waals surface area contributed by atoms with Gasteiger partial charge in [0.2, 0.25) is 0 Å². The summed E-state index contributed by atoms with van der Waals surface area (Å²) >= 11 is 6.51. The van der Waals surface area contributed by atoms with Crippen LogP contribution in [0, 0.1) is 6.92 Å². The van der Waals surface area contributed by atoms with Crippen LogP contribution < -0.4 is 10.1 Å². The van der Waals surface area contributed by atoms with Crippen molar-refractivity contribution >= 4 is 28.4 Å². The molecule has 0 saturated carbocycles. The van der Waals surface area contributed by atoms with Crippen LogP contribution in [-0.4, -0.2) is 24.0 Å². The second kappa shape index (κ2) is 9.06. The Morgan fingerprint density at radius 3 is 2.57 bits per heavy atom. The van der Waals surface area contributed by atoms with Crippen LogP contribution in [0.2, 0.25) is 5.02 Å². The third-order valence-electron chi connectivity index (χ3n) is 5.23. The molecule has 0 saturated heterocycles. The molecule has 4 aromatic rings. The first kappa shape index (κ1) is 20.0. The van der Waals surface area contributed by atoms with E-state index in [2.05, 4.69) is 16.4 Å². The van der Waals surface area contributed by atoms with Gasteiger partial charge in [0, 0.05) is 34.6 Å². The van der Waals surface area contributed by atoms with E-state index in [0.29, 0.717) is 17.3 Å². The number of halogens is 1. The van der Waals surface area contributed by atoms with E-state index in [-0.39, 0.29) is 18.4 Å². The highest BCUT2D eigenvalue weighted by atomic mass is 35.5. The van der Waals surface area contributed by atoms with E-state index in [1.54, 1.807) is 0 Å². The quantitative estimate of drug-likeness (QED) is 0.419. The van der Waals surface area contributed by atoms with E-state index in [0.717, 1.165) is 27.6 Å². The molecule has 0 unspecified atom stereocenters. The monoisotopic (exact) mass is 418 g/mol. The Morgan fingerprint density at radius 1 is 1.00 bits per heavy atom. The molecule has 5 heteroatoms. The predicted molar refractivity (Wildman–Crippen MR) is 121 cm³/mol. The van der Waals surface area contributed by atoms with Crippen molar-refractivity contribution < 1.29 is 9.53 Å². The Hall–Kier alpha value is -3.24. The smallest absolute Gasteiger partial charge is 0.257 e. The summed E-state index contributed by atoms with van der Waals surface area (Å²) in [6.45, 7) is 2.34. The zero-order valence-corrected chi connectivity index (χ0v) is 17.4. The third kappa shape index (κ3) is 4.34. The van der Waals surface area contributed by atoms with Gasteiger partial charge in [-0.2, -0.15) is 0 Å². The fourth-order valence-corrected chi connectivity index (χ4v) is 3.92. The lowest BCUT2D eigenvalue weighted by Gasteiger charge is -2.19. The highest BCUT2D eigenvalue weighted by Gasteiger charge is 2.21. The molecular formula is C25H23ClN2O2. The number of hydrogen-bond donors (Lipinski definition) is 2. The molecule has 152 valence electrons. The van der Waals surface area contributed by atoms with Crippen molar-refractivity contribution in [2.45, 2.75) is 12.8 Å². The maximum atomic E-state index is 12.5. The maximum absolute atomic E-state index is 12.5. The number of ether oxygens (including phenoxy) is 1. The molecule has 1 atom stereocenters. The van der Waals surface area contributed by atoms with Gasteiger partial charge in [0.25, 0.3) is 5.91 Å². The van der Waals surface area contributed by atoms with Crippen molar-refractivity contribution in [1.82, 2.24) is 10.3 Å². The topological polar surface area (TPSA) is 54.1 Å². The number of carbonyl (C=O) groups is 1. The van der Waals surface area contributed by atoms with Crippen LogP contribution in [0.15, 0.2) is 79.0 Å². The molecule has 1 heterocycles. The second-order valence-electron chi connectivity index (χ2n) is 7.22. The molecule has 0 bridgehead atoms. The van der Waals surface area contributed by atoms with Crippen LogP contribution in [0.1, 0.15) is 22.6 Å². The van der Waals surface area contributed by atoms with Crippen molar-refractivity contribution in [3.8, 4) is 5.75 Å². The fraction of sp³-hybridized carbons (Fsp3) is 0.160. The molecule has 1 aromatic heterocycles. The molecular weight excluding hydrogens is 396 g/mol. The minimum absolute atomic E-state index is 0.0338. The number of aryl methyl sites for hydroxylation is 1. The normalized spacial score (nSPS) is 11.9. The first-order valence-electron chi connectivity index (χ1n) is 9.89. The summed E-state index contributed by atoms with van der Waals surface area (Å²) in [7, 11) is 0. The molecule has 2 N–H and O–H groups in total. The summed E-state index contributed by atoms with van der Waals surface area (Å²) in [6.07, 6.45) is 1.99. The highest BCUT2D eigenvalue weighted by molar-refractivity contribution is 6.31. The Bertz CT molecular complexity index is 1170. The van der Waals surface area contributed by atoms with Crippen molar-refractivity contribution in [1.29, 1.82) is 0 Å². The Labute approximate surface area is 180 Å². The number of para-hydroxylation sites is 2. The minimum Gasteiger partial charge on any atom is -0.484 e. The fourth-order valence-electron chi connectivity index (χ4n) is 3.66. The highest BCUT2D eigenvalue weighted by Crippen LogP contribution is 2.34. The largest absolute Gasteiger partial charge is 0.484 e. The Morgan fingerprint density at radius 2 is 1.73 bits per heavy atom. The van der Waals surface area contributed by atoms with Gasteiger partial charge in [0.1, 0.15) is 5.75 Å². The lowest BCUT2D eigenvalue weighted by molar-refractivity contribution is -0.123. The average Bonchev–Trinajstić information content (AvgIpc) is 3.18. The summed E-state index contributed by atoms with van der Waals surface area (Å²) in [4.78, 5) is 15.8. The Balaban J connectivity index is 1.53. The molecule has 0 spiro atoms. The van der Waals surface area contributed by atoms with Gasteiger partial charge in [-0.1, -0.05) is 66.2 Å². The number of fused-ring (bicyclic) bond motifs is 1.